The fourth-order valence-corrected chi connectivity index (χ4v) is 5.05. The molecule has 0 saturated carbocycles. The molecule has 0 bridgehead atoms. The Bertz CT molecular complexity index is 1340. The molecule has 1 N–H and O–H groups in total. The predicted molar refractivity (Wildman–Crippen MR) is 126 cm³/mol. The lowest BCUT2D eigenvalue weighted by Gasteiger charge is -2.17. The summed E-state index contributed by atoms with van der Waals surface area (Å²) < 4.78 is 38.5. The Morgan fingerprint density at radius 3 is 2.39 bits per heavy atom. The minimum Gasteiger partial charge on any atom is -0.426 e. The van der Waals surface area contributed by atoms with E-state index in [0.717, 1.165) is 11.3 Å². The first-order valence-corrected chi connectivity index (χ1v) is 12.2. The van der Waals surface area contributed by atoms with Crippen LogP contribution in [0.1, 0.15) is 36.8 Å². The molecule has 0 aliphatic heterocycles. The highest BCUT2D eigenvalue weighted by atomic mass is 32.2. The Morgan fingerprint density at radius 1 is 1.03 bits per heavy atom. The molecule has 0 aliphatic rings. The highest BCUT2D eigenvalue weighted by molar-refractivity contribution is 7.89. The zero-order chi connectivity index (χ0) is 23.6. The molecule has 172 valence electrons. The van der Waals surface area contributed by atoms with Crippen LogP contribution in [0, 0.1) is 13.8 Å². The summed E-state index contributed by atoms with van der Waals surface area (Å²) in [5, 5.41) is 4.28. The molecule has 0 radical (unpaired) electrons. The Labute approximate surface area is 193 Å². The molecule has 0 amide bonds. The van der Waals surface area contributed by atoms with E-state index in [4.69, 9.17) is 4.74 Å². The van der Waals surface area contributed by atoms with Crippen molar-refractivity contribution in [2.75, 3.05) is 0 Å². The van der Waals surface area contributed by atoms with Crippen molar-refractivity contribution in [3.05, 3.63) is 83.9 Å². The molecular weight excluding hydrogens is 438 g/mol. The molecule has 9 heteroatoms. The van der Waals surface area contributed by atoms with Gasteiger partial charge in [-0.15, -0.1) is 0 Å². The molecule has 0 fully saturated rings. The molecular formula is C24H27N5O3S. The second-order valence-electron chi connectivity index (χ2n) is 7.81. The van der Waals surface area contributed by atoms with E-state index in [1.807, 2.05) is 73.0 Å². The number of nitrogens with one attached hydrogen (secondary N) is 1. The van der Waals surface area contributed by atoms with Crippen molar-refractivity contribution < 1.29 is 13.2 Å². The maximum atomic E-state index is 13.2. The fourth-order valence-electron chi connectivity index (χ4n) is 3.67. The predicted octanol–water partition coefficient (Wildman–Crippen LogP) is 4.54. The zero-order valence-electron chi connectivity index (χ0n) is 19.1. The molecule has 2 aromatic heterocycles. The second kappa shape index (κ2) is 9.21. The van der Waals surface area contributed by atoms with Gasteiger partial charge in [-0.25, -0.2) is 22.8 Å². The average Bonchev–Trinajstić information content (AvgIpc) is 3.39. The van der Waals surface area contributed by atoms with E-state index in [0.29, 0.717) is 29.7 Å². The molecule has 0 spiro atoms. The van der Waals surface area contributed by atoms with Gasteiger partial charge >= 0.3 is 6.01 Å². The molecule has 1 unspecified atom stereocenters. The number of aromatic nitrogens is 4. The van der Waals surface area contributed by atoms with Crippen LogP contribution in [-0.2, 0) is 16.6 Å². The van der Waals surface area contributed by atoms with Gasteiger partial charge in [0.15, 0.2) is 0 Å². The summed E-state index contributed by atoms with van der Waals surface area (Å²) in [6.45, 7) is 8.07. The lowest BCUT2D eigenvalue weighted by molar-refractivity contribution is 0.408. The molecule has 2 heterocycles. The number of nitrogens with zero attached hydrogens (tertiary/aromatic N) is 4. The summed E-state index contributed by atoms with van der Waals surface area (Å²) in [6, 6.07) is 17.0. The lowest BCUT2D eigenvalue weighted by atomic mass is 10.2. The SMILES string of the molecule is CCn1c(C(C)NS(=O)(=O)c2cnn(-c3ccccc3)c2C)cnc1Oc1ccc(C)cc1. The summed E-state index contributed by atoms with van der Waals surface area (Å²) in [6.07, 6.45) is 3.01. The van der Waals surface area contributed by atoms with Crippen molar-refractivity contribution in [1.29, 1.82) is 0 Å². The van der Waals surface area contributed by atoms with Gasteiger partial charge in [-0.1, -0.05) is 35.9 Å². The van der Waals surface area contributed by atoms with Gasteiger partial charge < -0.3 is 4.74 Å². The Kier molecular flexibility index (Phi) is 6.35. The highest BCUT2D eigenvalue weighted by Gasteiger charge is 2.26. The Morgan fingerprint density at radius 2 is 1.73 bits per heavy atom. The summed E-state index contributed by atoms with van der Waals surface area (Å²) in [5.74, 6) is 0.671. The van der Waals surface area contributed by atoms with Crippen LogP contribution >= 0.6 is 0 Å². The first-order valence-electron chi connectivity index (χ1n) is 10.7. The minimum atomic E-state index is -3.82. The molecule has 0 saturated heterocycles. The van der Waals surface area contributed by atoms with Gasteiger partial charge in [0.2, 0.25) is 10.0 Å². The molecule has 0 aliphatic carbocycles. The van der Waals surface area contributed by atoms with E-state index in [1.165, 1.54) is 6.20 Å². The van der Waals surface area contributed by atoms with Crippen LogP contribution in [0.15, 0.2) is 71.9 Å². The summed E-state index contributed by atoms with van der Waals surface area (Å²) in [5.41, 5.74) is 3.17. The minimum absolute atomic E-state index is 0.136. The van der Waals surface area contributed by atoms with E-state index >= 15 is 0 Å². The molecule has 4 rings (SSSR count). The maximum absolute atomic E-state index is 13.2. The molecule has 2 aromatic carbocycles. The number of aryl methyl sites for hydroxylation is 1. The van der Waals surface area contributed by atoms with E-state index in [1.54, 1.807) is 24.7 Å². The van der Waals surface area contributed by atoms with Gasteiger partial charge in [0.25, 0.3) is 0 Å². The van der Waals surface area contributed by atoms with Crippen LogP contribution in [0.5, 0.6) is 11.8 Å². The zero-order valence-corrected chi connectivity index (χ0v) is 19.9. The molecule has 33 heavy (non-hydrogen) atoms. The summed E-state index contributed by atoms with van der Waals surface area (Å²) in [7, 11) is -3.82. The van der Waals surface area contributed by atoms with E-state index in [9.17, 15) is 8.42 Å². The van der Waals surface area contributed by atoms with E-state index < -0.39 is 16.1 Å². The summed E-state index contributed by atoms with van der Waals surface area (Å²) in [4.78, 5) is 4.52. The first-order chi connectivity index (χ1) is 15.8. The third-order valence-electron chi connectivity index (χ3n) is 5.43. The summed E-state index contributed by atoms with van der Waals surface area (Å²) >= 11 is 0. The van der Waals surface area contributed by atoms with Crippen molar-refractivity contribution in [3.63, 3.8) is 0 Å². The van der Waals surface area contributed by atoms with Crippen LogP contribution < -0.4 is 9.46 Å². The number of benzene rings is 2. The Hall–Kier alpha value is -3.43. The molecule has 8 nitrogen and oxygen atoms in total. The van der Waals surface area contributed by atoms with Crippen molar-refractivity contribution in [2.45, 2.75) is 45.2 Å². The van der Waals surface area contributed by atoms with Gasteiger partial charge in [0.1, 0.15) is 10.6 Å². The quantitative estimate of drug-likeness (QED) is 0.413. The smallest absolute Gasteiger partial charge is 0.302 e. The van der Waals surface area contributed by atoms with Crippen LogP contribution in [0.3, 0.4) is 0 Å². The van der Waals surface area contributed by atoms with Crippen LogP contribution in [0.4, 0.5) is 0 Å². The van der Waals surface area contributed by atoms with Crippen molar-refractivity contribution >= 4 is 10.0 Å². The van der Waals surface area contributed by atoms with Crippen LogP contribution in [0.25, 0.3) is 5.69 Å². The monoisotopic (exact) mass is 465 g/mol. The van der Waals surface area contributed by atoms with Gasteiger partial charge in [0.05, 0.1) is 35.5 Å². The second-order valence-corrected chi connectivity index (χ2v) is 9.49. The largest absolute Gasteiger partial charge is 0.426 e. The topological polar surface area (TPSA) is 91.0 Å². The first kappa shape index (κ1) is 22.8. The number of para-hydroxylation sites is 1. The molecule has 1 atom stereocenters. The van der Waals surface area contributed by atoms with Crippen molar-refractivity contribution in [2.24, 2.45) is 0 Å². The highest BCUT2D eigenvalue weighted by Crippen LogP contribution is 2.26. The number of sulfonamides is 1. The van der Waals surface area contributed by atoms with E-state index in [-0.39, 0.29) is 4.90 Å². The lowest BCUT2D eigenvalue weighted by Crippen LogP contribution is -2.28. The van der Waals surface area contributed by atoms with Gasteiger partial charge in [-0.05, 0) is 52.0 Å². The number of imidazole rings is 1. The Balaban J connectivity index is 1.57. The van der Waals surface area contributed by atoms with E-state index in [2.05, 4.69) is 14.8 Å². The average molecular weight is 466 g/mol. The van der Waals surface area contributed by atoms with Crippen molar-refractivity contribution in [1.82, 2.24) is 24.1 Å². The van der Waals surface area contributed by atoms with Crippen molar-refractivity contribution in [3.8, 4) is 17.4 Å². The standard InChI is InChI=1S/C24H27N5O3S/c1-5-28-22(15-25-24(28)32-21-13-11-17(2)12-14-21)18(3)27-33(30,31)23-16-26-29(19(23)4)20-9-7-6-8-10-20/h6-16,18,27H,5H2,1-4H3. The van der Waals surface area contributed by atoms with Gasteiger partial charge in [0, 0.05) is 6.54 Å². The van der Waals surface area contributed by atoms with Gasteiger partial charge in [-0.3, -0.25) is 4.57 Å². The van der Waals surface area contributed by atoms with Gasteiger partial charge in [-0.2, -0.15) is 5.10 Å². The normalized spacial score (nSPS) is 12.6. The number of ether oxygens (including phenoxy) is 1. The van der Waals surface area contributed by atoms with Crippen LogP contribution in [-0.4, -0.2) is 27.7 Å². The number of hydrogen-bond acceptors (Lipinski definition) is 5. The number of rotatable bonds is 8. The molecule has 4 aromatic rings. The third kappa shape index (κ3) is 4.69. The maximum Gasteiger partial charge on any atom is 0.302 e. The van der Waals surface area contributed by atoms with Crippen LogP contribution in [0.2, 0.25) is 0 Å². The fraction of sp³-hybridized carbons (Fsp3) is 0.250. The third-order valence-corrected chi connectivity index (χ3v) is 7.07. The number of hydrogen-bond donors (Lipinski definition) is 1.